The Hall–Kier alpha value is -1.02. The van der Waals surface area contributed by atoms with Gasteiger partial charge in [-0.25, -0.2) is 0 Å². The first-order chi connectivity index (χ1) is 11.4. The number of nitrogens with one attached hydrogen (secondary N) is 2. The van der Waals surface area contributed by atoms with Crippen molar-refractivity contribution in [3.8, 4) is 5.75 Å². The van der Waals surface area contributed by atoms with E-state index in [-0.39, 0.29) is 30.0 Å². The monoisotopic (exact) mass is 462 g/mol. The third-order valence-corrected chi connectivity index (χ3v) is 4.23. The highest BCUT2D eigenvalue weighted by atomic mass is 127. The summed E-state index contributed by atoms with van der Waals surface area (Å²) < 4.78 is 5.35. The van der Waals surface area contributed by atoms with Crippen LogP contribution in [0.2, 0.25) is 0 Å². The number of hydrogen-bond donors (Lipinski definition) is 2. The van der Waals surface area contributed by atoms with Gasteiger partial charge in [-0.2, -0.15) is 0 Å². The highest BCUT2D eigenvalue weighted by molar-refractivity contribution is 14.0. The standard InChI is InChI=1S/C19H34N4O.HI/c1-8-20-19(22-15(4)14(2)3)21-13-18(23(5)6)16-10-9-11-17(12-16)24-7;/h9-12,14-15,18H,8,13H2,1-7H3,(H2,20,21,22);1H. The lowest BCUT2D eigenvalue weighted by Crippen LogP contribution is -2.44. The molecule has 0 aromatic heterocycles. The van der Waals surface area contributed by atoms with E-state index in [1.165, 1.54) is 5.56 Å². The van der Waals surface area contributed by atoms with Gasteiger partial charge < -0.3 is 20.3 Å². The molecule has 1 aromatic rings. The van der Waals surface area contributed by atoms with Gasteiger partial charge in [-0.1, -0.05) is 26.0 Å². The fraction of sp³-hybridized carbons (Fsp3) is 0.632. The first kappa shape index (κ1) is 24.0. The Balaban J connectivity index is 0.00000576. The van der Waals surface area contributed by atoms with E-state index in [2.05, 4.69) is 69.5 Å². The second kappa shape index (κ2) is 12.4. The van der Waals surface area contributed by atoms with Crippen LogP contribution in [0.25, 0.3) is 0 Å². The zero-order valence-electron chi connectivity index (χ0n) is 16.7. The number of methoxy groups -OCH3 is 1. The molecule has 0 radical (unpaired) electrons. The summed E-state index contributed by atoms with van der Waals surface area (Å²) in [5.41, 5.74) is 1.20. The molecule has 2 atom stereocenters. The van der Waals surface area contributed by atoms with E-state index in [0.29, 0.717) is 18.5 Å². The van der Waals surface area contributed by atoms with Gasteiger partial charge in [0.1, 0.15) is 5.75 Å². The van der Waals surface area contributed by atoms with Crippen molar-refractivity contribution in [2.45, 2.75) is 39.8 Å². The summed E-state index contributed by atoms with van der Waals surface area (Å²) in [5.74, 6) is 2.30. The molecule has 0 spiro atoms. The molecule has 5 nitrogen and oxygen atoms in total. The van der Waals surface area contributed by atoms with Crippen LogP contribution in [0.4, 0.5) is 0 Å². The molecule has 0 aliphatic carbocycles. The minimum absolute atomic E-state index is 0. The normalized spacial score (nSPS) is 14.0. The maximum atomic E-state index is 5.35. The molecular weight excluding hydrogens is 427 g/mol. The molecular formula is C19H35IN4O. The highest BCUT2D eigenvalue weighted by Gasteiger charge is 2.15. The van der Waals surface area contributed by atoms with Gasteiger partial charge in [0, 0.05) is 12.6 Å². The van der Waals surface area contributed by atoms with Crippen LogP contribution in [0.3, 0.4) is 0 Å². The number of hydrogen-bond acceptors (Lipinski definition) is 3. The van der Waals surface area contributed by atoms with Crippen molar-refractivity contribution in [3.63, 3.8) is 0 Å². The molecule has 0 fully saturated rings. The summed E-state index contributed by atoms with van der Waals surface area (Å²) in [6.45, 7) is 10.2. The van der Waals surface area contributed by atoms with E-state index in [9.17, 15) is 0 Å². The van der Waals surface area contributed by atoms with Crippen molar-refractivity contribution >= 4 is 29.9 Å². The zero-order chi connectivity index (χ0) is 18.1. The van der Waals surface area contributed by atoms with Gasteiger partial charge in [0.25, 0.3) is 0 Å². The molecule has 0 heterocycles. The summed E-state index contributed by atoms with van der Waals surface area (Å²) in [4.78, 5) is 6.99. The number of guanidine groups is 1. The molecule has 0 saturated heterocycles. The van der Waals surface area contributed by atoms with Crippen LogP contribution in [-0.4, -0.2) is 51.2 Å². The van der Waals surface area contributed by atoms with Crippen LogP contribution in [0.5, 0.6) is 5.75 Å². The molecule has 25 heavy (non-hydrogen) atoms. The Morgan fingerprint density at radius 1 is 1.24 bits per heavy atom. The smallest absolute Gasteiger partial charge is 0.191 e. The molecule has 0 aliphatic rings. The van der Waals surface area contributed by atoms with E-state index in [0.717, 1.165) is 18.3 Å². The second-order valence-corrected chi connectivity index (χ2v) is 6.65. The van der Waals surface area contributed by atoms with Crippen molar-refractivity contribution in [2.75, 3.05) is 34.3 Å². The van der Waals surface area contributed by atoms with Gasteiger partial charge in [-0.05, 0) is 51.6 Å². The van der Waals surface area contributed by atoms with Gasteiger partial charge >= 0.3 is 0 Å². The van der Waals surface area contributed by atoms with Gasteiger partial charge in [0.2, 0.25) is 0 Å². The van der Waals surface area contributed by atoms with Gasteiger partial charge in [-0.3, -0.25) is 4.99 Å². The number of likely N-dealkylation sites (N-methyl/N-ethyl adjacent to an activating group) is 1. The number of halogens is 1. The minimum Gasteiger partial charge on any atom is -0.497 e. The highest BCUT2D eigenvalue weighted by Crippen LogP contribution is 2.22. The SMILES string of the molecule is CCNC(=NCC(c1cccc(OC)c1)N(C)C)NC(C)C(C)C.I. The van der Waals surface area contributed by atoms with Gasteiger partial charge in [0.15, 0.2) is 5.96 Å². The van der Waals surface area contributed by atoms with Crippen LogP contribution in [-0.2, 0) is 0 Å². The van der Waals surface area contributed by atoms with Gasteiger partial charge in [-0.15, -0.1) is 24.0 Å². The number of rotatable bonds is 8. The maximum Gasteiger partial charge on any atom is 0.191 e. The van der Waals surface area contributed by atoms with E-state index in [4.69, 9.17) is 9.73 Å². The number of aliphatic imine (C=N–C) groups is 1. The minimum atomic E-state index is 0. The van der Waals surface area contributed by atoms with E-state index < -0.39 is 0 Å². The predicted octanol–water partition coefficient (Wildman–Crippen LogP) is 3.52. The summed E-state index contributed by atoms with van der Waals surface area (Å²) in [6, 6.07) is 8.77. The molecule has 144 valence electrons. The largest absolute Gasteiger partial charge is 0.497 e. The van der Waals surface area contributed by atoms with Crippen LogP contribution < -0.4 is 15.4 Å². The lowest BCUT2D eigenvalue weighted by molar-refractivity contribution is 0.305. The number of benzene rings is 1. The molecule has 0 aliphatic heterocycles. The van der Waals surface area contributed by atoms with Crippen molar-refractivity contribution < 1.29 is 4.74 Å². The van der Waals surface area contributed by atoms with Crippen molar-refractivity contribution in [1.82, 2.24) is 15.5 Å². The molecule has 0 bridgehead atoms. The van der Waals surface area contributed by atoms with Crippen molar-refractivity contribution in [3.05, 3.63) is 29.8 Å². The summed E-state index contributed by atoms with van der Waals surface area (Å²) >= 11 is 0. The number of nitrogens with zero attached hydrogens (tertiary/aromatic N) is 2. The molecule has 2 unspecified atom stereocenters. The Morgan fingerprint density at radius 2 is 1.92 bits per heavy atom. The molecule has 2 N–H and O–H groups in total. The average molecular weight is 462 g/mol. The van der Waals surface area contributed by atoms with Crippen LogP contribution in [0.15, 0.2) is 29.3 Å². The van der Waals surface area contributed by atoms with E-state index in [1.807, 2.05) is 12.1 Å². The first-order valence-electron chi connectivity index (χ1n) is 8.74. The van der Waals surface area contributed by atoms with Crippen molar-refractivity contribution in [1.29, 1.82) is 0 Å². The molecule has 1 aromatic carbocycles. The molecule has 1 rings (SSSR count). The Bertz CT molecular complexity index is 520. The third kappa shape index (κ3) is 8.27. The Kier molecular flexibility index (Phi) is 11.8. The zero-order valence-corrected chi connectivity index (χ0v) is 19.0. The summed E-state index contributed by atoms with van der Waals surface area (Å²) in [6.07, 6.45) is 0. The lowest BCUT2D eigenvalue weighted by Gasteiger charge is -2.25. The topological polar surface area (TPSA) is 48.9 Å². The molecule has 0 saturated carbocycles. The Morgan fingerprint density at radius 3 is 2.44 bits per heavy atom. The van der Waals surface area contributed by atoms with E-state index in [1.54, 1.807) is 7.11 Å². The van der Waals surface area contributed by atoms with Crippen LogP contribution in [0.1, 0.15) is 39.3 Å². The first-order valence-corrected chi connectivity index (χ1v) is 8.74. The Labute approximate surface area is 170 Å². The predicted molar refractivity (Wildman–Crippen MR) is 118 cm³/mol. The lowest BCUT2D eigenvalue weighted by atomic mass is 10.1. The molecule has 0 amide bonds. The molecule has 6 heteroatoms. The third-order valence-electron chi connectivity index (χ3n) is 4.23. The average Bonchev–Trinajstić information content (AvgIpc) is 2.54. The van der Waals surface area contributed by atoms with Gasteiger partial charge in [0.05, 0.1) is 19.7 Å². The quantitative estimate of drug-likeness (QED) is 0.353. The van der Waals surface area contributed by atoms with Crippen molar-refractivity contribution in [2.24, 2.45) is 10.9 Å². The van der Waals surface area contributed by atoms with Crippen LogP contribution >= 0.6 is 24.0 Å². The van der Waals surface area contributed by atoms with E-state index >= 15 is 0 Å². The summed E-state index contributed by atoms with van der Waals surface area (Å²) in [5, 5.41) is 6.81. The fourth-order valence-corrected chi connectivity index (χ4v) is 2.30. The number of ether oxygens (including phenoxy) is 1. The van der Waals surface area contributed by atoms with Crippen LogP contribution in [0, 0.1) is 5.92 Å². The maximum absolute atomic E-state index is 5.35. The second-order valence-electron chi connectivity index (χ2n) is 6.65. The fourth-order valence-electron chi connectivity index (χ4n) is 2.30. The summed E-state index contributed by atoms with van der Waals surface area (Å²) in [7, 11) is 5.86.